The normalized spacial score (nSPS) is 19.7. The minimum absolute atomic E-state index is 0.0403. The number of fused-ring (bicyclic) bond motifs is 1. The van der Waals surface area contributed by atoms with E-state index in [1.807, 2.05) is 0 Å². The molecule has 2 rings (SSSR count). The number of ether oxygens (including phenoxy) is 1. The number of thioether (sulfide) groups is 1. The molecule has 1 aromatic carbocycles. The van der Waals surface area contributed by atoms with Crippen LogP contribution in [0.4, 0.5) is 5.69 Å². The monoisotopic (exact) mass is 335 g/mol. The van der Waals surface area contributed by atoms with E-state index in [2.05, 4.69) is 5.32 Å². The summed E-state index contributed by atoms with van der Waals surface area (Å²) in [5, 5.41) is 2.62. The van der Waals surface area contributed by atoms with Crippen LogP contribution in [0.3, 0.4) is 0 Å². The Balaban J connectivity index is 2.64. The van der Waals surface area contributed by atoms with Crippen LogP contribution in [0.25, 0.3) is 0 Å². The third-order valence-electron chi connectivity index (χ3n) is 3.54. The van der Waals surface area contributed by atoms with Crippen molar-refractivity contribution in [1.82, 2.24) is 0 Å². The maximum Gasteiger partial charge on any atom is 0.333 e. The predicted molar refractivity (Wildman–Crippen MR) is 85.1 cm³/mol. The number of esters is 1. The van der Waals surface area contributed by atoms with Gasteiger partial charge in [0, 0.05) is 4.90 Å². The van der Waals surface area contributed by atoms with E-state index in [1.165, 1.54) is 13.8 Å². The van der Waals surface area contributed by atoms with E-state index in [1.54, 1.807) is 31.2 Å². The molecule has 1 amide bonds. The van der Waals surface area contributed by atoms with Gasteiger partial charge in [-0.15, -0.1) is 0 Å². The molecule has 0 fully saturated rings. The maximum atomic E-state index is 12.7. The fourth-order valence-corrected chi connectivity index (χ4v) is 4.09. The first-order chi connectivity index (χ1) is 10.8. The van der Waals surface area contributed by atoms with Crippen molar-refractivity contribution in [2.75, 3.05) is 11.9 Å². The first kappa shape index (κ1) is 17.2. The highest BCUT2D eigenvalue weighted by Gasteiger charge is 2.60. The lowest BCUT2D eigenvalue weighted by Gasteiger charge is -2.37. The molecular weight excluding hydrogens is 318 g/mol. The number of hydrogen-bond donors (Lipinski definition) is 1. The Morgan fingerprint density at radius 3 is 2.39 bits per heavy atom. The molecule has 1 heterocycles. The van der Waals surface area contributed by atoms with Gasteiger partial charge < -0.3 is 10.1 Å². The van der Waals surface area contributed by atoms with E-state index in [9.17, 15) is 19.2 Å². The highest BCUT2D eigenvalue weighted by Crippen LogP contribution is 2.47. The standard InChI is InChI=1S/C16H17NO5S/c1-4-22-15(21)16(13(9(2)18)10(3)19)14(20)17-11-7-5-6-8-12(11)23-16/h5-8,13H,4H2,1-3H3,(H,17,20). The van der Waals surface area contributed by atoms with E-state index >= 15 is 0 Å². The van der Waals surface area contributed by atoms with Crippen LogP contribution in [0.1, 0.15) is 20.8 Å². The van der Waals surface area contributed by atoms with Crippen LogP contribution in [0.2, 0.25) is 0 Å². The van der Waals surface area contributed by atoms with Crippen LogP contribution in [0, 0.1) is 5.92 Å². The highest BCUT2D eigenvalue weighted by molar-refractivity contribution is 8.02. The molecule has 1 atom stereocenters. The highest BCUT2D eigenvalue weighted by atomic mass is 32.2. The quantitative estimate of drug-likeness (QED) is 0.652. The largest absolute Gasteiger partial charge is 0.465 e. The summed E-state index contributed by atoms with van der Waals surface area (Å²) in [6.07, 6.45) is 0. The molecule has 23 heavy (non-hydrogen) atoms. The average Bonchev–Trinajstić information content (AvgIpc) is 2.47. The summed E-state index contributed by atoms with van der Waals surface area (Å²) in [5.74, 6) is -4.09. The van der Waals surface area contributed by atoms with Gasteiger partial charge in [0.15, 0.2) is 0 Å². The molecule has 1 unspecified atom stereocenters. The van der Waals surface area contributed by atoms with Gasteiger partial charge in [-0.2, -0.15) is 0 Å². The third-order valence-corrected chi connectivity index (χ3v) is 5.03. The fraction of sp³-hybridized carbons (Fsp3) is 0.375. The van der Waals surface area contributed by atoms with Gasteiger partial charge in [0.2, 0.25) is 4.75 Å². The number of rotatable bonds is 5. The third kappa shape index (κ3) is 2.88. The fourth-order valence-electron chi connectivity index (χ4n) is 2.63. The van der Waals surface area contributed by atoms with Crippen LogP contribution in [-0.2, 0) is 23.9 Å². The van der Waals surface area contributed by atoms with Gasteiger partial charge in [0.1, 0.15) is 17.5 Å². The number of hydrogen-bond acceptors (Lipinski definition) is 6. The van der Waals surface area contributed by atoms with Crippen molar-refractivity contribution in [3.05, 3.63) is 24.3 Å². The van der Waals surface area contributed by atoms with Crippen molar-refractivity contribution in [2.24, 2.45) is 5.92 Å². The minimum Gasteiger partial charge on any atom is -0.465 e. The lowest BCUT2D eigenvalue weighted by molar-refractivity contribution is -0.155. The zero-order valence-electron chi connectivity index (χ0n) is 13.0. The smallest absolute Gasteiger partial charge is 0.333 e. The number of para-hydroxylation sites is 1. The van der Waals surface area contributed by atoms with Gasteiger partial charge in [-0.3, -0.25) is 14.4 Å². The molecule has 0 aliphatic carbocycles. The molecular formula is C16H17NO5S. The topological polar surface area (TPSA) is 89.5 Å². The Morgan fingerprint density at radius 2 is 1.83 bits per heavy atom. The second-order valence-electron chi connectivity index (χ2n) is 5.16. The lowest BCUT2D eigenvalue weighted by atomic mass is 9.84. The van der Waals surface area contributed by atoms with E-state index in [4.69, 9.17) is 4.74 Å². The van der Waals surface area contributed by atoms with Gasteiger partial charge in [0.05, 0.1) is 12.3 Å². The van der Waals surface area contributed by atoms with Gasteiger partial charge in [-0.1, -0.05) is 23.9 Å². The Labute approximate surface area is 138 Å². The average molecular weight is 335 g/mol. The molecule has 0 aromatic heterocycles. The van der Waals surface area contributed by atoms with E-state index < -0.39 is 34.1 Å². The molecule has 122 valence electrons. The molecule has 1 aliphatic heterocycles. The number of ketones is 2. The van der Waals surface area contributed by atoms with Crippen LogP contribution in [0.5, 0.6) is 0 Å². The molecule has 0 radical (unpaired) electrons. The molecule has 0 saturated heterocycles. The number of Topliss-reactive ketones (excluding diaryl/α,β-unsaturated/α-hetero) is 2. The van der Waals surface area contributed by atoms with E-state index in [-0.39, 0.29) is 6.61 Å². The van der Waals surface area contributed by atoms with E-state index in [0.717, 1.165) is 11.8 Å². The van der Waals surface area contributed by atoms with Crippen molar-refractivity contribution in [1.29, 1.82) is 0 Å². The van der Waals surface area contributed by atoms with Crippen LogP contribution in [0.15, 0.2) is 29.2 Å². The summed E-state index contributed by atoms with van der Waals surface area (Å²) in [4.78, 5) is 50.0. The number of anilines is 1. The van der Waals surface area contributed by atoms with Gasteiger partial charge >= 0.3 is 5.97 Å². The second-order valence-corrected chi connectivity index (χ2v) is 6.45. The van der Waals surface area contributed by atoms with E-state index in [0.29, 0.717) is 10.6 Å². The summed E-state index contributed by atoms with van der Waals surface area (Å²) in [5.41, 5.74) is 0.535. The van der Waals surface area contributed by atoms with Gasteiger partial charge in [0.25, 0.3) is 5.91 Å². The summed E-state index contributed by atoms with van der Waals surface area (Å²) in [7, 11) is 0. The summed E-state index contributed by atoms with van der Waals surface area (Å²) >= 11 is 0.897. The van der Waals surface area contributed by atoms with Crippen LogP contribution in [-0.4, -0.2) is 34.8 Å². The zero-order valence-corrected chi connectivity index (χ0v) is 13.9. The number of nitrogens with one attached hydrogen (secondary N) is 1. The Bertz CT molecular complexity index is 673. The number of carbonyl (C=O) groups is 4. The molecule has 0 saturated carbocycles. The second kappa shape index (κ2) is 6.54. The van der Waals surface area contributed by atoms with Crippen molar-refractivity contribution in [3.8, 4) is 0 Å². The SMILES string of the molecule is CCOC(=O)C1(C(C(C)=O)C(C)=O)Sc2ccccc2NC1=O. The number of amides is 1. The molecule has 7 heteroatoms. The Morgan fingerprint density at radius 1 is 1.22 bits per heavy atom. The first-order valence-corrected chi connectivity index (χ1v) is 7.93. The number of benzene rings is 1. The molecule has 1 N–H and O–H groups in total. The predicted octanol–water partition coefficient (Wildman–Crippen LogP) is 1.83. The van der Waals surface area contributed by atoms with Crippen molar-refractivity contribution in [2.45, 2.75) is 30.4 Å². The van der Waals surface area contributed by atoms with Crippen LogP contribution < -0.4 is 5.32 Å². The van der Waals surface area contributed by atoms with Crippen molar-refractivity contribution in [3.63, 3.8) is 0 Å². The summed E-state index contributed by atoms with van der Waals surface area (Å²) in [6, 6.07) is 6.89. The molecule has 0 spiro atoms. The zero-order chi connectivity index (χ0) is 17.2. The molecule has 1 aromatic rings. The Kier molecular flexibility index (Phi) is 4.89. The maximum absolute atomic E-state index is 12.7. The van der Waals surface area contributed by atoms with Crippen LogP contribution >= 0.6 is 11.8 Å². The minimum atomic E-state index is -1.94. The molecule has 6 nitrogen and oxygen atoms in total. The first-order valence-electron chi connectivity index (χ1n) is 7.12. The Hall–Kier alpha value is -2.15. The molecule has 0 bridgehead atoms. The molecule has 1 aliphatic rings. The van der Waals surface area contributed by atoms with Gasteiger partial charge in [-0.05, 0) is 32.9 Å². The van der Waals surface area contributed by atoms with Gasteiger partial charge in [-0.25, -0.2) is 4.79 Å². The summed E-state index contributed by atoms with van der Waals surface area (Å²) < 4.78 is 3.08. The summed E-state index contributed by atoms with van der Waals surface area (Å²) in [6.45, 7) is 4.03. The lowest BCUT2D eigenvalue weighted by Crippen LogP contribution is -2.59. The van der Waals surface area contributed by atoms with Crippen molar-refractivity contribution >= 4 is 40.9 Å². The van der Waals surface area contributed by atoms with Crippen molar-refractivity contribution < 1.29 is 23.9 Å². The number of carbonyl (C=O) groups excluding carboxylic acids is 4.